The summed E-state index contributed by atoms with van der Waals surface area (Å²) >= 11 is 0. The average Bonchev–Trinajstić information content (AvgIpc) is 2.99. The summed E-state index contributed by atoms with van der Waals surface area (Å²) < 4.78 is 5.27. The van der Waals surface area contributed by atoms with Crippen LogP contribution in [0, 0.1) is 10.8 Å². The van der Waals surface area contributed by atoms with Crippen LogP contribution >= 0.6 is 0 Å². The first-order valence-corrected chi connectivity index (χ1v) is 11.7. The van der Waals surface area contributed by atoms with Crippen LogP contribution in [0.4, 0.5) is 0 Å². The van der Waals surface area contributed by atoms with E-state index in [1.165, 1.54) is 0 Å². The molecule has 0 aliphatic rings. The fourth-order valence-corrected chi connectivity index (χ4v) is 3.12. The second kappa shape index (κ2) is 19.7. The number of rotatable bonds is 19. The van der Waals surface area contributed by atoms with Gasteiger partial charge in [-0.1, -0.05) is 0 Å². The third-order valence-corrected chi connectivity index (χ3v) is 5.86. The number of aliphatic hydroxyl groups excluding tert-OH is 6. The van der Waals surface area contributed by atoms with Crippen LogP contribution in [0.3, 0.4) is 0 Å². The Bertz CT molecular complexity index is 1040. The number of carbonyl (C=O) groups excluding carboxylic acids is 1. The van der Waals surface area contributed by atoms with E-state index in [2.05, 4.69) is 4.89 Å². The van der Waals surface area contributed by atoms with Crippen LogP contribution in [0.1, 0.15) is 0 Å². The minimum Gasteiger partial charge on any atom is -0.485 e. The van der Waals surface area contributed by atoms with E-state index in [9.17, 15) is 39.3 Å². The first kappa shape index (κ1) is 41.7. The smallest absolute Gasteiger partial charge is 0.368 e. The molecule has 0 saturated heterocycles. The zero-order valence-corrected chi connectivity index (χ0v) is 22.7. The Labute approximate surface area is 248 Å². The van der Waals surface area contributed by atoms with Crippen LogP contribution < -0.4 is 0 Å². The lowest BCUT2D eigenvalue weighted by Crippen LogP contribution is -2.64. The van der Waals surface area contributed by atoms with Gasteiger partial charge in [0, 0.05) is 24.3 Å². The molecule has 248 valence electrons. The van der Waals surface area contributed by atoms with Crippen molar-refractivity contribution in [3.8, 4) is 0 Å². The fourth-order valence-electron chi connectivity index (χ4n) is 3.12. The van der Waals surface area contributed by atoms with E-state index in [0.29, 0.717) is 48.8 Å². The van der Waals surface area contributed by atoms with Crippen LogP contribution in [0.2, 0.25) is 0 Å². The molecule has 0 aromatic rings. The average molecular weight is 639 g/mol. The highest BCUT2D eigenvalue weighted by atomic mass is 17.1. The molecular formula is C25H34O19. The second-order valence-corrected chi connectivity index (χ2v) is 8.67. The van der Waals surface area contributed by atoms with E-state index < -0.39 is 91.5 Å². The highest BCUT2D eigenvalue weighted by Crippen LogP contribution is 2.47. The zero-order chi connectivity index (χ0) is 34.6. The third kappa shape index (κ3) is 12.0. The Hall–Kier alpha value is -4.47. The quantitative estimate of drug-likeness (QED) is 0.0282. The lowest BCUT2D eigenvalue weighted by atomic mass is 9.60. The van der Waals surface area contributed by atoms with Crippen molar-refractivity contribution in [1.82, 2.24) is 0 Å². The molecule has 0 atom stereocenters. The van der Waals surface area contributed by atoms with E-state index in [0.717, 1.165) is 0 Å². The summed E-state index contributed by atoms with van der Waals surface area (Å²) in [6, 6.07) is 0. The van der Waals surface area contributed by atoms with Gasteiger partial charge in [0.2, 0.25) is 0 Å². The third-order valence-electron chi connectivity index (χ3n) is 5.86. The number of hydrogen-bond acceptors (Lipinski definition) is 15. The van der Waals surface area contributed by atoms with Crippen molar-refractivity contribution in [3.63, 3.8) is 0 Å². The Balaban J connectivity index is 0. The predicted octanol–water partition coefficient (Wildman–Crippen LogP) is -3.52. The Morgan fingerprint density at radius 3 is 1.14 bits per heavy atom. The lowest BCUT2D eigenvalue weighted by molar-refractivity contribution is -0.228. The molecule has 0 rings (SSSR count). The molecule has 0 aromatic carbocycles. The standard InChI is InChI=1S/C20H22O15.C5H12O4/c21-11-18(12-22,19(32,6-1-13(23)24)7-2-14(25)26)20(8-3-15(27)28,9-4-16(29)30)34-10-5-17(31)35-33;6-1-5(2-7,3-8)4-9/h1-10,21-22,32-33H,11-12H2,(H,23,24)(H,25,26)(H,27,28)(H,29,30);6-9H,1-4H2. The number of carbonyl (C=O) groups is 5. The molecule has 44 heavy (non-hydrogen) atoms. The molecule has 0 radical (unpaired) electrons. The normalized spacial score (nSPS) is 15.2. The van der Waals surface area contributed by atoms with Gasteiger partial charge in [0.25, 0.3) is 0 Å². The number of aliphatic carboxylic acids is 4. The maximum Gasteiger partial charge on any atom is 0.368 e. The molecule has 0 aliphatic heterocycles. The first-order chi connectivity index (χ1) is 20.5. The van der Waals surface area contributed by atoms with Gasteiger partial charge in [-0.3, -0.25) is 4.89 Å². The molecule has 19 heteroatoms. The molecule has 0 bridgehead atoms. The highest BCUT2D eigenvalue weighted by molar-refractivity contribution is 5.83. The second-order valence-electron chi connectivity index (χ2n) is 8.67. The number of ether oxygens (including phenoxy) is 1. The summed E-state index contributed by atoms with van der Waals surface area (Å²) in [5.74, 6) is -8.19. The minimum absolute atomic E-state index is 0.289. The maximum absolute atomic E-state index is 11.3. The van der Waals surface area contributed by atoms with Crippen molar-refractivity contribution >= 4 is 29.8 Å². The van der Waals surface area contributed by atoms with Crippen molar-refractivity contribution in [3.05, 3.63) is 60.9 Å². The van der Waals surface area contributed by atoms with Gasteiger partial charge in [0.15, 0.2) is 5.60 Å². The molecule has 0 amide bonds. The van der Waals surface area contributed by atoms with Crippen molar-refractivity contribution in [1.29, 1.82) is 0 Å². The van der Waals surface area contributed by atoms with Crippen LogP contribution in [-0.4, -0.2) is 142 Å². The molecule has 0 spiro atoms. The van der Waals surface area contributed by atoms with Gasteiger partial charge in [-0.2, -0.15) is 5.26 Å². The SMILES string of the molecule is O=C(O)C=CC(O)(C=CC(=O)O)C(CO)(CO)C(C=CC(=O)O)(C=CC(=O)O)OC=CC(=O)OO.OCC(CO)(CO)CO. The number of aliphatic hydroxyl groups is 7. The van der Waals surface area contributed by atoms with Gasteiger partial charge in [0.1, 0.15) is 5.60 Å². The minimum atomic E-state index is -3.01. The summed E-state index contributed by atoms with van der Waals surface area (Å²) in [5.41, 5.74) is -9.67. The molecule has 0 unspecified atom stereocenters. The maximum atomic E-state index is 11.3. The summed E-state index contributed by atoms with van der Waals surface area (Å²) in [6.07, 6.45) is 3.88. The van der Waals surface area contributed by atoms with Gasteiger partial charge in [-0.25, -0.2) is 24.0 Å². The fraction of sp³-hybridized carbons (Fsp3) is 0.400. The highest BCUT2D eigenvalue weighted by Gasteiger charge is 2.61. The van der Waals surface area contributed by atoms with Crippen LogP contribution in [0.5, 0.6) is 0 Å². The molecule has 0 fully saturated rings. The molecule has 0 saturated carbocycles. The Morgan fingerprint density at radius 2 is 0.886 bits per heavy atom. The molecular weight excluding hydrogens is 604 g/mol. The summed E-state index contributed by atoms with van der Waals surface area (Å²) in [6.45, 7) is -4.51. The van der Waals surface area contributed by atoms with Crippen LogP contribution in [0.25, 0.3) is 0 Å². The van der Waals surface area contributed by atoms with Gasteiger partial charge < -0.3 is 60.9 Å². The molecule has 19 nitrogen and oxygen atoms in total. The summed E-state index contributed by atoms with van der Waals surface area (Å²) in [4.78, 5) is 59.2. The van der Waals surface area contributed by atoms with Crippen molar-refractivity contribution in [2.75, 3.05) is 39.6 Å². The van der Waals surface area contributed by atoms with Crippen molar-refractivity contribution in [2.45, 2.75) is 11.2 Å². The summed E-state index contributed by atoms with van der Waals surface area (Å²) in [5, 5.41) is 110. The van der Waals surface area contributed by atoms with E-state index in [4.69, 9.17) is 50.8 Å². The van der Waals surface area contributed by atoms with Crippen molar-refractivity contribution < 1.29 is 95.0 Å². The van der Waals surface area contributed by atoms with E-state index in [1.807, 2.05) is 0 Å². The van der Waals surface area contributed by atoms with E-state index in [1.54, 1.807) is 0 Å². The van der Waals surface area contributed by atoms with Gasteiger partial charge in [-0.15, -0.1) is 0 Å². The van der Waals surface area contributed by atoms with E-state index in [-0.39, 0.29) is 12.2 Å². The van der Waals surface area contributed by atoms with Gasteiger partial charge in [0.05, 0.1) is 62.8 Å². The predicted molar refractivity (Wildman–Crippen MR) is 141 cm³/mol. The lowest BCUT2D eigenvalue weighted by Gasteiger charge is -2.51. The van der Waals surface area contributed by atoms with Crippen molar-refractivity contribution in [2.24, 2.45) is 10.8 Å². The topological polar surface area (TPSA) is 347 Å². The number of carboxylic acids is 4. The Kier molecular flexibility index (Phi) is 18.6. The first-order valence-electron chi connectivity index (χ1n) is 11.7. The number of carboxylic acid groups (broad SMARTS) is 4. The zero-order valence-electron chi connectivity index (χ0n) is 22.7. The van der Waals surface area contributed by atoms with E-state index >= 15 is 0 Å². The monoisotopic (exact) mass is 638 g/mol. The molecule has 12 N–H and O–H groups in total. The molecule has 0 heterocycles. The Morgan fingerprint density at radius 1 is 0.545 bits per heavy atom. The molecule has 0 aromatic heterocycles. The van der Waals surface area contributed by atoms with Gasteiger partial charge >= 0.3 is 29.8 Å². The largest absolute Gasteiger partial charge is 0.485 e. The number of hydrogen-bond donors (Lipinski definition) is 12. The van der Waals surface area contributed by atoms with Gasteiger partial charge in [-0.05, 0) is 24.3 Å². The molecule has 0 aliphatic carbocycles. The summed E-state index contributed by atoms with van der Waals surface area (Å²) in [7, 11) is 0. The van der Waals surface area contributed by atoms with Crippen LogP contribution in [-0.2, 0) is 33.6 Å². The van der Waals surface area contributed by atoms with Crippen LogP contribution in [0.15, 0.2) is 60.9 Å².